The SMILES string of the molecule is O=C(NCCCn1ccnc1)[C@@H]1C[C@H]1CN1CCN(c2noc3ccsc23)CC1. The van der Waals surface area contributed by atoms with E-state index in [1.807, 2.05) is 28.5 Å². The highest BCUT2D eigenvalue weighted by Gasteiger charge is 2.43. The largest absolute Gasteiger partial charge is 0.356 e. The molecule has 4 heterocycles. The molecule has 1 saturated heterocycles. The van der Waals surface area contributed by atoms with Crippen molar-refractivity contribution in [2.24, 2.45) is 11.8 Å². The minimum Gasteiger partial charge on any atom is -0.356 e. The van der Waals surface area contributed by atoms with Gasteiger partial charge in [-0.2, -0.15) is 0 Å². The fourth-order valence-electron chi connectivity index (χ4n) is 4.14. The average molecular weight is 415 g/mol. The number of rotatable bonds is 8. The standard InChI is InChI=1S/C20H26N6O2S/c27-20(22-3-1-5-25-6-4-21-14-25)16-12-15(16)13-24-7-9-26(10-8-24)19-18-17(28-23-19)2-11-29-18/h2,4,6,11,14-16H,1,3,5,7-10,12-13H2,(H,22,27)/t15-,16+/m0/s1. The van der Waals surface area contributed by atoms with Gasteiger partial charge in [0.15, 0.2) is 11.4 Å². The lowest BCUT2D eigenvalue weighted by Crippen LogP contribution is -2.47. The van der Waals surface area contributed by atoms with Crippen molar-refractivity contribution in [2.75, 3.05) is 44.2 Å². The quantitative estimate of drug-likeness (QED) is 0.569. The van der Waals surface area contributed by atoms with Crippen molar-refractivity contribution in [2.45, 2.75) is 19.4 Å². The van der Waals surface area contributed by atoms with Gasteiger partial charge in [-0.1, -0.05) is 5.16 Å². The number of nitrogens with one attached hydrogen (secondary N) is 1. The molecule has 2 atom stereocenters. The maximum absolute atomic E-state index is 12.4. The number of carbonyl (C=O) groups excluding carboxylic acids is 1. The second kappa shape index (κ2) is 8.16. The number of hydrogen-bond donors (Lipinski definition) is 1. The van der Waals surface area contributed by atoms with Crippen LogP contribution < -0.4 is 10.2 Å². The Morgan fingerprint density at radius 3 is 3.03 bits per heavy atom. The van der Waals surface area contributed by atoms with Gasteiger partial charge < -0.3 is 19.3 Å². The van der Waals surface area contributed by atoms with Gasteiger partial charge in [0.25, 0.3) is 0 Å². The third-order valence-electron chi connectivity index (χ3n) is 5.94. The van der Waals surface area contributed by atoms with E-state index in [0.29, 0.717) is 5.92 Å². The highest BCUT2D eigenvalue weighted by atomic mass is 32.1. The topological polar surface area (TPSA) is 79.4 Å². The van der Waals surface area contributed by atoms with Crippen molar-refractivity contribution in [3.63, 3.8) is 0 Å². The summed E-state index contributed by atoms with van der Waals surface area (Å²) in [6.07, 6.45) is 7.49. The zero-order chi connectivity index (χ0) is 19.6. The smallest absolute Gasteiger partial charge is 0.223 e. The first-order chi connectivity index (χ1) is 14.3. The lowest BCUT2D eigenvalue weighted by molar-refractivity contribution is -0.122. The predicted octanol–water partition coefficient (Wildman–Crippen LogP) is 2.05. The Bertz CT molecular complexity index is 943. The van der Waals surface area contributed by atoms with Gasteiger partial charge in [0.05, 0.1) is 6.33 Å². The van der Waals surface area contributed by atoms with Gasteiger partial charge in [-0.05, 0) is 30.2 Å². The van der Waals surface area contributed by atoms with E-state index in [9.17, 15) is 4.79 Å². The highest BCUT2D eigenvalue weighted by Crippen LogP contribution is 2.39. The number of piperazine rings is 1. The number of thiophene rings is 1. The van der Waals surface area contributed by atoms with Crippen molar-refractivity contribution >= 4 is 33.3 Å². The summed E-state index contributed by atoms with van der Waals surface area (Å²) in [7, 11) is 0. The van der Waals surface area contributed by atoms with Gasteiger partial charge in [0.1, 0.15) is 4.70 Å². The van der Waals surface area contributed by atoms with E-state index < -0.39 is 0 Å². The van der Waals surface area contributed by atoms with Crippen molar-refractivity contribution in [1.82, 2.24) is 24.9 Å². The third-order valence-corrected chi connectivity index (χ3v) is 6.83. The summed E-state index contributed by atoms with van der Waals surface area (Å²) < 4.78 is 8.58. The van der Waals surface area contributed by atoms with E-state index in [2.05, 4.69) is 25.3 Å². The minimum absolute atomic E-state index is 0.197. The molecule has 9 heteroatoms. The first-order valence-electron chi connectivity index (χ1n) is 10.3. The van der Waals surface area contributed by atoms with Crippen LogP contribution in [0.15, 0.2) is 34.7 Å². The van der Waals surface area contributed by atoms with Crippen LogP contribution >= 0.6 is 11.3 Å². The highest BCUT2D eigenvalue weighted by molar-refractivity contribution is 7.17. The maximum atomic E-state index is 12.4. The molecule has 29 heavy (non-hydrogen) atoms. The predicted molar refractivity (Wildman–Crippen MR) is 112 cm³/mol. The molecule has 1 saturated carbocycles. The van der Waals surface area contributed by atoms with E-state index in [-0.39, 0.29) is 11.8 Å². The van der Waals surface area contributed by atoms with Gasteiger partial charge in [-0.25, -0.2) is 4.98 Å². The number of aryl methyl sites for hydroxylation is 1. The molecule has 1 aliphatic heterocycles. The van der Waals surface area contributed by atoms with Crippen LogP contribution in [-0.2, 0) is 11.3 Å². The summed E-state index contributed by atoms with van der Waals surface area (Å²) in [5.41, 5.74) is 0.879. The summed E-state index contributed by atoms with van der Waals surface area (Å²) in [6.45, 7) is 6.57. The molecule has 0 radical (unpaired) electrons. The van der Waals surface area contributed by atoms with E-state index in [1.54, 1.807) is 17.5 Å². The fraction of sp³-hybridized carbons (Fsp3) is 0.550. The molecule has 1 amide bonds. The van der Waals surface area contributed by atoms with Gasteiger partial charge in [-0.15, -0.1) is 11.3 Å². The molecule has 1 N–H and O–H groups in total. The Kier molecular flexibility index (Phi) is 5.24. The molecule has 5 rings (SSSR count). The number of amides is 1. The normalized spacial score (nSPS) is 22.3. The first-order valence-corrected chi connectivity index (χ1v) is 11.2. The van der Waals surface area contributed by atoms with Crippen LogP contribution in [0, 0.1) is 11.8 Å². The number of aromatic nitrogens is 3. The molecule has 154 valence electrons. The van der Waals surface area contributed by atoms with Gasteiger partial charge >= 0.3 is 0 Å². The van der Waals surface area contributed by atoms with E-state index in [1.165, 1.54) is 0 Å². The number of hydrogen-bond acceptors (Lipinski definition) is 7. The Balaban J connectivity index is 1.01. The molecular formula is C20H26N6O2S. The van der Waals surface area contributed by atoms with Crippen molar-refractivity contribution in [3.05, 3.63) is 30.2 Å². The van der Waals surface area contributed by atoms with Crippen molar-refractivity contribution < 1.29 is 9.32 Å². The third kappa shape index (κ3) is 4.16. The van der Waals surface area contributed by atoms with Gasteiger partial charge in [0, 0.05) is 64.1 Å². The summed E-state index contributed by atoms with van der Waals surface area (Å²) in [5.74, 6) is 1.91. The molecule has 2 aliphatic rings. The average Bonchev–Trinajstić information content (AvgIpc) is 3.13. The van der Waals surface area contributed by atoms with Gasteiger partial charge in [-0.3, -0.25) is 9.69 Å². The zero-order valence-electron chi connectivity index (χ0n) is 16.4. The fourth-order valence-corrected chi connectivity index (χ4v) is 4.96. The Labute approximate surface area is 173 Å². The Hall–Kier alpha value is -2.39. The lowest BCUT2D eigenvalue weighted by atomic mass is 10.2. The molecule has 2 fully saturated rings. The molecule has 0 bridgehead atoms. The first kappa shape index (κ1) is 18.6. The van der Waals surface area contributed by atoms with Crippen LogP contribution in [0.2, 0.25) is 0 Å². The summed E-state index contributed by atoms with van der Waals surface area (Å²) in [5, 5.41) is 9.39. The van der Waals surface area contributed by atoms with Crippen LogP contribution in [0.1, 0.15) is 12.8 Å². The molecule has 0 spiro atoms. The molecule has 8 nitrogen and oxygen atoms in total. The molecule has 0 aromatic carbocycles. The van der Waals surface area contributed by atoms with Crippen LogP contribution in [0.5, 0.6) is 0 Å². The van der Waals surface area contributed by atoms with Crippen LogP contribution in [-0.4, -0.2) is 64.8 Å². The summed E-state index contributed by atoms with van der Waals surface area (Å²) in [4.78, 5) is 21.2. The molecule has 1 aliphatic carbocycles. The molecule has 0 unspecified atom stereocenters. The van der Waals surface area contributed by atoms with Crippen molar-refractivity contribution in [3.8, 4) is 0 Å². The summed E-state index contributed by atoms with van der Waals surface area (Å²) in [6, 6.07) is 1.97. The maximum Gasteiger partial charge on any atom is 0.223 e. The van der Waals surface area contributed by atoms with Crippen LogP contribution in [0.25, 0.3) is 10.3 Å². The van der Waals surface area contributed by atoms with E-state index in [4.69, 9.17) is 4.52 Å². The zero-order valence-corrected chi connectivity index (χ0v) is 17.2. The van der Waals surface area contributed by atoms with Crippen LogP contribution in [0.3, 0.4) is 0 Å². The van der Waals surface area contributed by atoms with E-state index >= 15 is 0 Å². The Morgan fingerprint density at radius 1 is 1.31 bits per heavy atom. The number of anilines is 1. The van der Waals surface area contributed by atoms with Crippen molar-refractivity contribution in [1.29, 1.82) is 0 Å². The molecular weight excluding hydrogens is 388 g/mol. The second-order valence-electron chi connectivity index (χ2n) is 7.96. The second-order valence-corrected chi connectivity index (χ2v) is 8.87. The molecule has 3 aromatic heterocycles. The van der Waals surface area contributed by atoms with Crippen LogP contribution in [0.4, 0.5) is 5.82 Å². The minimum atomic E-state index is 0.197. The number of carbonyl (C=O) groups is 1. The number of nitrogens with zero attached hydrogens (tertiary/aromatic N) is 5. The van der Waals surface area contributed by atoms with E-state index in [0.717, 1.165) is 74.8 Å². The Morgan fingerprint density at radius 2 is 2.21 bits per heavy atom. The van der Waals surface area contributed by atoms with Gasteiger partial charge in [0.2, 0.25) is 5.91 Å². The number of fused-ring (bicyclic) bond motifs is 1. The molecule has 3 aromatic rings. The number of imidazole rings is 1. The summed E-state index contributed by atoms with van der Waals surface area (Å²) >= 11 is 1.69. The lowest BCUT2D eigenvalue weighted by Gasteiger charge is -2.34. The monoisotopic (exact) mass is 414 g/mol.